The molecule has 0 aromatic heterocycles. The Labute approximate surface area is 81.0 Å². The summed E-state index contributed by atoms with van der Waals surface area (Å²) in [7, 11) is 0. The summed E-state index contributed by atoms with van der Waals surface area (Å²) in [5.41, 5.74) is 0. The Morgan fingerprint density at radius 1 is 1.50 bits per heavy atom. The fraction of sp³-hybridized carbons (Fsp3) is 0.375. The Morgan fingerprint density at radius 2 is 2.14 bits per heavy atom. The standard InChI is InChI=1S/C8H12N2O4/c1-2-3-6(8(13)14)10-7(12)4-9-5-11/h2,5-6H,1,3-4H2,(H,9,11)(H,10,12)(H,13,14)/t6-/m1/s1. The number of carboxylic acid groups (broad SMARTS) is 1. The summed E-state index contributed by atoms with van der Waals surface area (Å²) in [6, 6.07) is -0.992. The van der Waals surface area contributed by atoms with E-state index in [2.05, 4.69) is 17.2 Å². The summed E-state index contributed by atoms with van der Waals surface area (Å²) in [5.74, 6) is -1.68. The van der Waals surface area contributed by atoms with Crippen LogP contribution in [0.15, 0.2) is 12.7 Å². The number of rotatable bonds is 7. The Morgan fingerprint density at radius 3 is 2.57 bits per heavy atom. The second-order valence-corrected chi connectivity index (χ2v) is 2.48. The van der Waals surface area contributed by atoms with Crippen molar-refractivity contribution in [3.8, 4) is 0 Å². The highest BCUT2D eigenvalue weighted by molar-refractivity contribution is 5.85. The first-order valence-electron chi connectivity index (χ1n) is 3.92. The Hall–Kier alpha value is -1.85. The first-order valence-corrected chi connectivity index (χ1v) is 3.92. The number of carbonyl (C=O) groups is 3. The Bertz CT molecular complexity index is 239. The van der Waals surface area contributed by atoms with Crippen LogP contribution in [0.4, 0.5) is 0 Å². The van der Waals surface area contributed by atoms with E-state index in [0.717, 1.165) is 0 Å². The molecule has 78 valence electrons. The maximum Gasteiger partial charge on any atom is 0.326 e. The summed E-state index contributed by atoms with van der Waals surface area (Å²) in [4.78, 5) is 31.3. The number of nitrogens with one attached hydrogen (secondary N) is 2. The van der Waals surface area contributed by atoms with Gasteiger partial charge in [0.25, 0.3) is 0 Å². The van der Waals surface area contributed by atoms with Gasteiger partial charge in [-0.3, -0.25) is 9.59 Å². The molecule has 0 unspecified atom stereocenters. The van der Waals surface area contributed by atoms with Gasteiger partial charge in [0, 0.05) is 0 Å². The fourth-order valence-electron chi connectivity index (χ4n) is 0.768. The van der Waals surface area contributed by atoms with E-state index in [0.29, 0.717) is 6.41 Å². The third kappa shape index (κ3) is 4.91. The van der Waals surface area contributed by atoms with Crippen LogP contribution in [0.3, 0.4) is 0 Å². The summed E-state index contributed by atoms with van der Waals surface area (Å²) in [5, 5.41) is 13.0. The highest BCUT2D eigenvalue weighted by atomic mass is 16.4. The molecular weight excluding hydrogens is 188 g/mol. The van der Waals surface area contributed by atoms with Crippen molar-refractivity contribution in [1.82, 2.24) is 10.6 Å². The molecule has 0 aromatic carbocycles. The molecule has 0 heterocycles. The third-order valence-electron chi connectivity index (χ3n) is 1.38. The summed E-state index contributed by atoms with van der Waals surface area (Å²) < 4.78 is 0. The second kappa shape index (κ2) is 6.64. The molecule has 0 radical (unpaired) electrons. The van der Waals surface area contributed by atoms with E-state index in [1.807, 2.05) is 0 Å². The van der Waals surface area contributed by atoms with E-state index in [4.69, 9.17) is 5.11 Å². The van der Waals surface area contributed by atoms with Crippen LogP contribution in [0.1, 0.15) is 6.42 Å². The maximum atomic E-state index is 11.0. The number of aliphatic carboxylic acids is 1. The van der Waals surface area contributed by atoms with Crippen molar-refractivity contribution in [2.24, 2.45) is 0 Å². The van der Waals surface area contributed by atoms with Crippen LogP contribution in [0.25, 0.3) is 0 Å². The molecule has 6 heteroatoms. The van der Waals surface area contributed by atoms with Crippen molar-refractivity contribution in [2.75, 3.05) is 6.54 Å². The highest BCUT2D eigenvalue weighted by Crippen LogP contribution is 1.92. The van der Waals surface area contributed by atoms with Crippen LogP contribution < -0.4 is 10.6 Å². The number of hydrogen-bond acceptors (Lipinski definition) is 3. The monoisotopic (exact) mass is 200 g/mol. The lowest BCUT2D eigenvalue weighted by Gasteiger charge is -2.11. The van der Waals surface area contributed by atoms with Crippen LogP contribution in [0.2, 0.25) is 0 Å². The van der Waals surface area contributed by atoms with E-state index in [9.17, 15) is 14.4 Å². The van der Waals surface area contributed by atoms with E-state index in [-0.39, 0.29) is 13.0 Å². The predicted molar refractivity (Wildman–Crippen MR) is 48.4 cm³/mol. The fourth-order valence-corrected chi connectivity index (χ4v) is 0.768. The highest BCUT2D eigenvalue weighted by Gasteiger charge is 2.17. The summed E-state index contributed by atoms with van der Waals surface area (Å²) in [6.45, 7) is 3.13. The molecule has 0 aliphatic heterocycles. The number of carbonyl (C=O) groups excluding carboxylic acids is 2. The van der Waals surface area contributed by atoms with Crippen molar-refractivity contribution >= 4 is 18.3 Å². The smallest absolute Gasteiger partial charge is 0.326 e. The minimum Gasteiger partial charge on any atom is -0.480 e. The largest absolute Gasteiger partial charge is 0.480 e. The molecule has 14 heavy (non-hydrogen) atoms. The average Bonchev–Trinajstić information content (AvgIpc) is 2.14. The normalized spacial score (nSPS) is 11.1. The van der Waals surface area contributed by atoms with Gasteiger partial charge >= 0.3 is 5.97 Å². The molecule has 0 fully saturated rings. The molecule has 0 aliphatic rings. The molecule has 0 rings (SSSR count). The molecule has 0 saturated heterocycles. The van der Waals surface area contributed by atoms with Crippen molar-refractivity contribution in [3.05, 3.63) is 12.7 Å². The zero-order chi connectivity index (χ0) is 11.0. The minimum absolute atomic E-state index is 0.141. The van der Waals surface area contributed by atoms with Crippen LogP contribution in [0.5, 0.6) is 0 Å². The van der Waals surface area contributed by atoms with E-state index in [1.54, 1.807) is 0 Å². The van der Waals surface area contributed by atoms with Crippen molar-refractivity contribution in [3.63, 3.8) is 0 Å². The van der Waals surface area contributed by atoms with Crippen LogP contribution >= 0.6 is 0 Å². The van der Waals surface area contributed by atoms with Gasteiger partial charge in [-0.1, -0.05) is 6.08 Å². The van der Waals surface area contributed by atoms with Gasteiger partial charge in [0.1, 0.15) is 6.04 Å². The minimum atomic E-state index is -1.13. The van der Waals surface area contributed by atoms with E-state index in [1.165, 1.54) is 6.08 Å². The lowest BCUT2D eigenvalue weighted by atomic mass is 10.2. The Balaban J connectivity index is 4.01. The third-order valence-corrected chi connectivity index (χ3v) is 1.38. The first kappa shape index (κ1) is 12.2. The van der Waals surface area contributed by atoms with Crippen LogP contribution in [-0.2, 0) is 14.4 Å². The average molecular weight is 200 g/mol. The van der Waals surface area contributed by atoms with Gasteiger partial charge in [-0.15, -0.1) is 6.58 Å². The molecule has 2 amide bonds. The van der Waals surface area contributed by atoms with Gasteiger partial charge < -0.3 is 15.7 Å². The SMILES string of the molecule is C=CC[C@@H](NC(=O)CNC=O)C(=O)O. The molecule has 3 N–H and O–H groups in total. The van der Waals surface area contributed by atoms with Gasteiger partial charge in [-0.2, -0.15) is 0 Å². The molecule has 0 aliphatic carbocycles. The Kier molecular flexibility index (Phi) is 5.77. The molecule has 6 nitrogen and oxygen atoms in total. The lowest BCUT2D eigenvalue weighted by Crippen LogP contribution is -2.44. The van der Waals surface area contributed by atoms with Gasteiger partial charge in [0.2, 0.25) is 12.3 Å². The quantitative estimate of drug-likeness (QED) is 0.358. The van der Waals surface area contributed by atoms with Gasteiger partial charge in [-0.05, 0) is 6.42 Å². The summed E-state index contributed by atoms with van der Waals surface area (Å²) >= 11 is 0. The predicted octanol–water partition coefficient (Wildman–Crippen LogP) is -1.12. The van der Waals surface area contributed by atoms with Crippen LogP contribution in [0, 0.1) is 0 Å². The second-order valence-electron chi connectivity index (χ2n) is 2.48. The topological polar surface area (TPSA) is 95.5 Å². The van der Waals surface area contributed by atoms with Crippen LogP contribution in [-0.4, -0.2) is 36.0 Å². The number of carboxylic acids is 1. The molecule has 1 atom stereocenters. The van der Waals surface area contributed by atoms with Gasteiger partial charge in [0.05, 0.1) is 6.54 Å². The molecule has 0 aromatic rings. The molecular formula is C8H12N2O4. The molecule has 0 bridgehead atoms. The first-order chi connectivity index (χ1) is 6.61. The lowest BCUT2D eigenvalue weighted by molar-refractivity contribution is -0.141. The van der Waals surface area contributed by atoms with Crippen molar-refractivity contribution in [2.45, 2.75) is 12.5 Å². The van der Waals surface area contributed by atoms with Crippen molar-refractivity contribution < 1.29 is 19.5 Å². The number of hydrogen-bond donors (Lipinski definition) is 3. The zero-order valence-corrected chi connectivity index (χ0v) is 7.53. The maximum absolute atomic E-state index is 11.0. The molecule has 0 spiro atoms. The zero-order valence-electron chi connectivity index (χ0n) is 7.53. The van der Waals surface area contributed by atoms with Gasteiger partial charge in [-0.25, -0.2) is 4.79 Å². The summed E-state index contributed by atoms with van der Waals surface area (Å²) in [6.07, 6.45) is 1.90. The molecule has 0 saturated carbocycles. The van der Waals surface area contributed by atoms with E-state index >= 15 is 0 Å². The van der Waals surface area contributed by atoms with E-state index < -0.39 is 17.9 Å². The number of amides is 2. The van der Waals surface area contributed by atoms with Crippen molar-refractivity contribution in [1.29, 1.82) is 0 Å². The van der Waals surface area contributed by atoms with Gasteiger partial charge in [0.15, 0.2) is 0 Å².